The largest absolute Gasteiger partial charge is 0.390 e. The summed E-state index contributed by atoms with van der Waals surface area (Å²) in [5, 5.41) is 9.05. The maximum Gasteiger partial charge on any atom is 0.134 e. The minimum atomic E-state index is -0.0570. The zero-order valence-corrected chi connectivity index (χ0v) is 9.09. The third-order valence-electron chi connectivity index (χ3n) is 2.18. The predicted molar refractivity (Wildman–Crippen MR) is 59.7 cm³/mol. The summed E-state index contributed by atoms with van der Waals surface area (Å²) in [5.74, 6) is 0.697. The maximum absolute atomic E-state index is 9.05. The van der Waals surface area contributed by atoms with Gasteiger partial charge in [0.15, 0.2) is 0 Å². The van der Waals surface area contributed by atoms with Crippen LogP contribution in [0.4, 0.5) is 0 Å². The van der Waals surface area contributed by atoms with Crippen molar-refractivity contribution in [2.75, 3.05) is 0 Å². The van der Waals surface area contributed by atoms with Crippen molar-refractivity contribution in [3.8, 4) is 0 Å². The second-order valence-electron chi connectivity index (χ2n) is 3.57. The monoisotopic (exact) mass is 215 g/mol. The molecule has 16 heavy (non-hydrogen) atoms. The minimum Gasteiger partial charge on any atom is -0.390 e. The molecule has 82 valence electrons. The van der Waals surface area contributed by atoms with Crippen LogP contribution in [0.3, 0.4) is 0 Å². The van der Waals surface area contributed by atoms with E-state index >= 15 is 0 Å². The summed E-state index contributed by atoms with van der Waals surface area (Å²) in [7, 11) is 0. The van der Waals surface area contributed by atoms with Gasteiger partial charge >= 0.3 is 0 Å². The fourth-order valence-corrected chi connectivity index (χ4v) is 1.52. The van der Waals surface area contributed by atoms with Gasteiger partial charge in [-0.3, -0.25) is 4.98 Å². The van der Waals surface area contributed by atoms with Gasteiger partial charge in [-0.05, 0) is 25.1 Å². The Kier molecular flexibility index (Phi) is 3.22. The lowest BCUT2D eigenvalue weighted by Gasteiger charge is -2.03. The summed E-state index contributed by atoms with van der Waals surface area (Å²) in [5.41, 5.74) is 2.44. The van der Waals surface area contributed by atoms with Gasteiger partial charge in [0.1, 0.15) is 5.82 Å². The Morgan fingerprint density at radius 1 is 1.19 bits per heavy atom. The van der Waals surface area contributed by atoms with Crippen LogP contribution in [0.15, 0.2) is 30.5 Å². The number of hydrogen-bond donors (Lipinski definition) is 1. The minimum absolute atomic E-state index is 0.0570. The maximum atomic E-state index is 9.05. The first-order chi connectivity index (χ1) is 7.78. The number of hydrogen-bond acceptors (Lipinski definition) is 4. The molecular weight excluding hydrogens is 202 g/mol. The molecule has 0 radical (unpaired) electrons. The number of nitrogens with zero attached hydrogens (tertiary/aromatic N) is 3. The highest BCUT2D eigenvalue weighted by Gasteiger charge is 2.03. The van der Waals surface area contributed by atoms with Crippen molar-refractivity contribution in [1.82, 2.24) is 15.0 Å². The highest BCUT2D eigenvalue weighted by molar-refractivity contribution is 5.14. The Labute approximate surface area is 94.0 Å². The topological polar surface area (TPSA) is 58.9 Å². The average Bonchev–Trinajstić information content (AvgIpc) is 2.29. The highest BCUT2D eigenvalue weighted by atomic mass is 16.3. The molecule has 0 saturated carbocycles. The summed E-state index contributed by atoms with van der Waals surface area (Å²) in [6.45, 7) is 1.83. The summed E-state index contributed by atoms with van der Waals surface area (Å²) in [6, 6.07) is 7.52. The predicted octanol–water partition coefficient (Wildman–Crippen LogP) is 1.26. The molecule has 1 N–H and O–H groups in total. The van der Waals surface area contributed by atoms with E-state index in [0.29, 0.717) is 17.9 Å². The van der Waals surface area contributed by atoms with E-state index in [1.165, 1.54) is 0 Å². The Morgan fingerprint density at radius 2 is 2.06 bits per heavy atom. The van der Waals surface area contributed by atoms with E-state index in [0.717, 1.165) is 11.4 Å². The van der Waals surface area contributed by atoms with Crippen molar-refractivity contribution in [3.05, 3.63) is 53.4 Å². The average molecular weight is 215 g/mol. The van der Waals surface area contributed by atoms with Crippen LogP contribution in [0, 0.1) is 6.92 Å². The van der Waals surface area contributed by atoms with Gasteiger partial charge in [-0.2, -0.15) is 0 Å². The van der Waals surface area contributed by atoms with Crippen molar-refractivity contribution in [2.45, 2.75) is 20.0 Å². The van der Waals surface area contributed by atoms with E-state index in [1.807, 2.05) is 25.1 Å². The van der Waals surface area contributed by atoms with Crippen LogP contribution in [0.25, 0.3) is 0 Å². The van der Waals surface area contributed by atoms with Crippen molar-refractivity contribution in [2.24, 2.45) is 0 Å². The second-order valence-corrected chi connectivity index (χ2v) is 3.57. The summed E-state index contributed by atoms with van der Waals surface area (Å²) in [4.78, 5) is 12.8. The number of pyridine rings is 1. The van der Waals surface area contributed by atoms with Crippen LogP contribution in [0.5, 0.6) is 0 Å². The fourth-order valence-electron chi connectivity index (χ4n) is 1.52. The normalized spacial score (nSPS) is 10.4. The third-order valence-corrected chi connectivity index (χ3v) is 2.18. The molecule has 2 aromatic heterocycles. The molecule has 0 aromatic carbocycles. The molecule has 0 bridgehead atoms. The molecule has 0 atom stereocenters. The first-order valence-corrected chi connectivity index (χ1v) is 5.12. The molecule has 0 aliphatic rings. The molecule has 0 aliphatic heterocycles. The van der Waals surface area contributed by atoms with Crippen LogP contribution in [0.1, 0.15) is 22.9 Å². The molecule has 0 fully saturated rings. The van der Waals surface area contributed by atoms with Gasteiger partial charge in [0, 0.05) is 17.6 Å². The highest BCUT2D eigenvalue weighted by Crippen LogP contribution is 2.05. The zero-order valence-electron chi connectivity index (χ0n) is 9.09. The van der Waals surface area contributed by atoms with E-state index in [9.17, 15) is 0 Å². The lowest BCUT2D eigenvalue weighted by atomic mass is 10.2. The van der Waals surface area contributed by atoms with E-state index < -0.39 is 0 Å². The fraction of sp³-hybridized carbons (Fsp3) is 0.250. The van der Waals surface area contributed by atoms with Crippen LogP contribution in [-0.4, -0.2) is 20.1 Å². The Morgan fingerprint density at radius 3 is 2.75 bits per heavy atom. The van der Waals surface area contributed by atoms with Crippen LogP contribution in [-0.2, 0) is 13.0 Å². The Balaban J connectivity index is 2.24. The standard InChI is InChI=1S/C12H13N3O/c1-9-6-11(8-16)15-12(14-9)7-10-4-2-3-5-13-10/h2-6,16H,7-8H2,1H3. The summed E-state index contributed by atoms with van der Waals surface area (Å²) in [6.07, 6.45) is 2.34. The zero-order chi connectivity index (χ0) is 11.4. The molecule has 0 aliphatic carbocycles. The Bertz CT molecular complexity index is 471. The van der Waals surface area contributed by atoms with E-state index in [-0.39, 0.29) is 6.61 Å². The van der Waals surface area contributed by atoms with Gasteiger partial charge in [0.25, 0.3) is 0 Å². The first kappa shape index (κ1) is 10.7. The second kappa shape index (κ2) is 4.81. The molecule has 0 unspecified atom stereocenters. The summed E-state index contributed by atoms with van der Waals surface area (Å²) < 4.78 is 0. The molecule has 0 amide bonds. The van der Waals surface area contributed by atoms with Crippen LogP contribution >= 0.6 is 0 Å². The smallest absolute Gasteiger partial charge is 0.134 e. The Hall–Kier alpha value is -1.81. The van der Waals surface area contributed by atoms with Gasteiger partial charge in [0.05, 0.1) is 18.7 Å². The molecule has 4 heteroatoms. The van der Waals surface area contributed by atoms with Crippen molar-refractivity contribution in [3.63, 3.8) is 0 Å². The van der Waals surface area contributed by atoms with E-state index in [4.69, 9.17) is 5.11 Å². The van der Waals surface area contributed by atoms with E-state index in [2.05, 4.69) is 15.0 Å². The van der Waals surface area contributed by atoms with Crippen LogP contribution < -0.4 is 0 Å². The molecule has 0 spiro atoms. The molecular formula is C12H13N3O. The van der Waals surface area contributed by atoms with Gasteiger partial charge in [0.2, 0.25) is 0 Å². The van der Waals surface area contributed by atoms with Gasteiger partial charge < -0.3 is 5.11 Å². The molecule has 2 heterocycles. The number of aliphatic hydroxyl groups excluding tert-OH is 1. The first-order valence-electron chi connectivity index (χ1n) is 5.12. The van der Waals surface area contributed by atoms with Gasteiger partial charge in [-0.1, -0.05) is 6.07 Å². The van der Waals surface area contributed by atoms with Gasteiger partial charge in [-0.15, -0.1) is 0 Å². The van der Waals surface area contributed by atoms with Crippen molar-refractivity contribution in [1.29, 1.82) is 0 Å². The summed E-state index contributed by atoms with van der Waals surface area (Å²) >= 11 is 0. The number of rotatable bonds is 3. The SMILES string of the molecule is Cc1cc(CO)nc(Cc2ccccn2)n1. The molecule has 4 nitrogen and oxygen atoms in total. The lowest BCUT2D eigenvalue weighted by molar-refractivity contribution is 0.276. The molecule has 0 saturated heterocycles. The van der Waals surface area contributed by atoms with Crippen LogP contribution in [0.2, 0.25) is 0 Å². The molecule has 2 aromatic rings. The van der Waals surface area contributed by atoms with Gasteiger partial charge in [-0.25, -0.2) is 9.97 Å². The van der Waals surface area contributed by atoms with E-state index in [1.54, 1.807) is 12.3 Å². The number of aryl methyl sites for hydroxylation is 1. The third kappa shape index (κ3) is 2.61. The van der Waals surface area contributed by atoms with Crippen molar-refractivity contribution >= 4 is 0 Å². The quantitative estimate of drug-likeness (QED) is 0.837. The molecule has 2 rings (SSSR count). The lowest BCUT2D eigenvalue weighted by Crippen LogP contribution is -2.03. The number of aliphatic hydroxyl groups is 1. The van der Waals surface area contributed by atoms with Crippen molar-refractivity contribution < 1.29 is 5.11 Å². The number of aromatic nitrogens is 3.